The van der Waals surface area contributed by atoms with Crippen molar-refractivity contribution in [3.8, 4) is 0 Å². The van der Waals surface area contributed by atoms with E-state index in [0.717, 1.165) is 41.2 Å². The third kappa shape index (κ3) is 6.61. The van der Waals surface area contributed by atoms with Crippen molar-refractivity contribution in [1.82, 2.24) is 9.80 Å². The molecule has 214 valence electrons. The van der Waals surface area contributed by atoms with Gasteiger partial charge in [0.05, 0.1) is 12.1 Å². The molecule has 6 heteroatoms. The predicted octanol–water partition coefficient (Wildman–Crippen LogP) is 5.05. The minimum Gasteiger partial charge on any atom is -0.335 e. The Morgan fingerprint density at radius 1 is 0.732 bits per heavy atom. The van der Waals surface area contributed by atoms with Crippen molar-refractivity contribution in [2.45, 2.75) is 70.1 Å². The van der Waals surface area contributed by atoms with Crippen LogP contribution in [-0.2, 0) is 22.4 Å². The molecule has 4 aromatic carbocycles. The van der Waals surface area contributed by atoms with E-state index in [1.54, 1.807) is 0 Å². The maximum atomic E-state index is 13.7. The highest BCUT2D eigenvalue weighted by atomic mass is 16.2. The summed E-state index contributed by atoms with van der Waals surface area (Å²) in [6, 6.07) is 27.4. The van der Waals surface area contributed by atoms with Crippen LogP contribution in [0.2, 0.25) is 0 Å². The SMILES string of the molecule is CCCCC1CN(C(=O)C(N)Cc2ccc3ccccc3c2)C(C)CN1C(=O)C(N)Cc1ccc2ccccc2c1. The van der Waals surface area contributed by atoms with Crippen LogP contribution in [0.15, 0.2) is 84.9 Å². The first kappa shape index (κ1) is 28.8. The molecule has 4 unspecified atom stereocenters. The molecule has 1 aliphatic heterocycles. The van der Waals surface area contributed by atoms with Crippen molar-refractivity contribution in [2.75, 3.05) is 13.1 Å². The third-order valence-corrected chi connectivity index (χ3v) is 8.47. The van der Waals surface area contributed by atoms with Crippen LogP contribution in [0.25, 0.3) is 21.5 Å². The predicted molar refractivity (Wildman–Crippen MR) is 167 cm³/mol. The molecule has 41 heavy (non-hydrogen) atoms. The Bertz CT molecular complexity index is 1520. The van der Waals surface area contributed by atoms with Crippen molar-refractivity contribution >= 4 is 33.4 Å². The van der Waals surface area contributed by atoms with E-state index in [-0.39, 0.29) is 23.9 Å². The summed E-state index contributed by atoms with van der Waals surface area (Å²) in [4.78, 5) is 31.2. The zero-order valence-corrected chi connectivity index (χ0v) is 24.2. The number of carbonyl (C=O) groups is 2. The number of amides is 2. The number of nitrogens with two attached hydrogens (primary N) is 2. The van der Waals surface area contributed by atoms with E-state index >= 15 is 0 Å². The van der Waals surface area contributed by atoms with Gasteiger partial charge in [0.25, 0.3) is 0 Å². The highest BCUT2D eigenvalue weighted by Crippen LogP contribution is 2.24. The summed E-state index contributed by atoms with van der Waals surface area (Å²) < 4.78 is 0. The first-order valence-corrected chi connectivity index (χ1v) is 14.9. The lowest BCUT2D eigenvalue weighted by atomic mass is 9.96. The fourth-order valence-electron chi connectivity index (χ4n) is 6.14. The lowest BCUT2D eigenvalue weighted by Gasteiger charge is -2.47. The standard InChI is InChI=1S/C35H42N4O2/c1-3-4-13-31-23-38(34(40)32(36)20-25-14-16-27-9-5-7-11-29(27)18-25)24(2)22-39(31)35(41)33(37)21-26-15-17-28-10-6-8-12-30(28)19-26/h5-12,14-19,24,31-33H,3-4,13,20-23,36-37H2,1-2H3. The highest BCUT2D eigenvalue weighted by molar-refractivity contribution is 5.87. The number of unbranched alkanes of at least 4 members (excludes halogenated alkanes) is 1. The second-order valence-corrected chi connectivity index (χ2v) is 11.6. The molecule has 6 nitrogen and oxygen atoms in total. The van der Waals surface area contributed by atoms with Crippen molar-refractivity contribution in [3.63, 3.8) is 0 Å². The lowest BCUT2D eigenvalue weighted by Crippen LogP contribution is -2.64. The van der Waals surface area contributed by atoms with Crippen molar-refractivity contribution in [3.05, 3.63) is 96.1 Å². The van der Waals surface area contributed by atoms with Gasteiger partial charge in [0.15, 0.2) is 0 Å². The van der Waals surface area contributed by atoms with Crippen LogP contribution in [-0.4, -0.2) is 58.9 Å². The number of nitrogens with zero attached hydrogens (tertiary/aromatic N) is 2. The largest absolute Gasteiger partial charge is 0.335 e. The van der Waals surface area contributed by atoms with Gasteiger partial charge in [-0.3, -0.25) is 9.59 Å². The Kier molecular flexibility index (Phi) is 9.01. The quantitative estimate of drug-likeness (QED) is 0.305. The Morgan fingerprint density at radius 2 is 1.22 bits per heavy atom. The average Bonchev–Trinajstić information content (AvgIpc) is 2.99. The van der Waals surface area contributed by atoms with Crippen LogP contribution in [0.3, 0.4) is 0 Å². The number of carbonyl (C=O) groups excluding carboxylic acids is 2. The van der Waals surface area contributed by atoms with Gasteiger partial charge in [0, 0.05) is 25.2 Å². The summed E-state index contributed by atoms with van der Waals surface area (Å²) in [7, 11) is 0. The van der Waals surface area contributed by atoms with Gasteiger partial charge in [-0.25, -0.2) is 0 Å². The van der Waals surface area contributed by atoms with E-state index in [0.29, 0.717) is 25.9 Å². The molecular weight excluding hydrogens is 508 g/mol. The molecule has 1 aliphatic rings. The van der Waals surface area contributed by atoms with Gasteiger partial charge in [0.2, 0.25) is 11.8 Å². The normalized spacial score (nSPS) is 18.9. The molecule has 4 N–H and O–H groups in total. The second-order valence-electron chi connectivity index (χ2n) is 11.6. The van der Waals surface area contributed by atoms with E-state index in [1.807, 2.05) is 41.0 Å². The fraction of sp³-hybridized carbons (Fsp3) is 0.371. The molecule has 0 saturated carbocycles. The first-order valence-electron chi connectivity index (χ1n) is 14.9. The fourth-order valence-corrected chi connectivity index (χ4v) is 6.14. The first-order chi connectivity index (χ1) is 19.8. The topological polar surface area (TPSA) is 92.7 Å². The average molecular weight is 551 g/mol. The van der Waals surface area contributed by atoms with Gasteiger partial charge < -0.3 is 21.3 Å². The highest BCUT2D eigenvalue weighted by Gasteiger charge is 2.39. The minimum atomic E-state index is -0.636. The number of hydrogen-bond acceptors (Lipinski definition) is 4. The van der Waals surface area contributed by atoms with Crippen LogP contribution in [0, 0.1) is 0 Å². The van der Waals surface area contributed by atoms with Gasteiger partial charge in [-0.2, -0.15) is 0 Å². The van der Waals surface area contributed by atoms with Crippen LogP contribution >= 0.6 is 0 Å². The molecule has 0 aliphatic carbocycles. The molecule has 0 radical (unpaired) electrons. The summed E-state index contributed by atoms with van der Waals surface area (Å²) in [5, 5.41) is 4.63. The number of rotatable bonds is 9. The van der Waals surface area contributed by atoms with E-state index < -0.39 is 12.1 Å². The zero-order chi connectivity index (χ0) is 28.9. The number of fused-ring (bicyclic) bond motifs is 2. The van der Waals surface area contributed by atoms with Crippen LogP contribution in [0.5, 0.6) is 0 Å². The summed E-state index contributed by atoms with van der Waals surface area (Å²) in [5.74, 6) is -0.0987. The van der Waals surface area contributed by atoms with E-state index in [4.69, 9.17) is 11.5 Å². The van der Waals surface area contributed by atoms with E-state index in [2.05, 4.69) is 67.6 Å². The maximum Gasteiger partial charge on any atom is 0.240 e. The molecule has 1 heterocycles. The molecule has 4 aromatic rings. The Morgan fingerprint density at radius 3 is 1.73 bits per heavy atom. The molecule has 5 rings (SSSR count). The van der Waals surface area contributed by atoms with E-state index in [1.165, 1.54) is 10.8 Å². The molecule has 2 amide bonds. The number of piperazine rings is 1. The molecule has 0 aromatic heterocycles. The summed E-state index contributed by atoms with van der Waals surface area (Å²) in [5.41, 5.74) is 15.1. The van der Waals surface area contributed by atoms with Gasteiger partial charge in [-0.15, -0.1) is 0 Å². The molecule has 0 spiro atoms. The summed E-state index contributed by atoms with van der Waals surface area (Å²) in [6.45, 7) is 5.10. The van der Waals surface area contributed by atoms with Crippen molar-refractivity contribution in [2.24, 2.45) is 11.5 Å². The minimum absolute atomic E-state index is 0.0429. The Labute approximate surface area is 243 Å². The molecule has 0 bridgehead atoms. The molecule has 1 fully saturated rings. The summed E-state index contributed by atoms with van der Waals surface area (Å²) in [6.07, 6.45) is 3.79. The van der Waals surface area contributed by atoms with Crippen LogP contribution in [0.4, 0.5) is 0 Å². The third-order valence-electron chi connectivity index (χ3n) is 8.47. The van der Waals surface area contributed by atoms with Gasteiger partial charge in [-0.1, -0.05) is 105 Å². The number of hydrogen-bond donors (Lipinski definition) is 2. The van der Waals surface area contributed by atoms with Crippen LogP contribution < -0.4 is 11.5 Å². The maximum absolute atomic E-state index is 13.7. The van der Waals surface area contributed by atoms with Crippen molar-refractivity contribution in [1.29, 1.82) is 0 Å². The van der Waals surface area contributed by atoms with Gasteiger partial charge >= 0.3 is 0 Å². The van der Waals surface area contributed by atoms with Crippen LogP contribution in [0.1, 0.15) is 44.2 Å². The Hall–Kier alpha value is -3.74. The monoisotopic (exact) mass is 550 g/mol. The Balaban J connectivity index is 1.26. The zero-order valence-electron chi connectivity index (χ0n) is 24.2. The van der Waals surface area contributed by atoms with E-state index in [9.17, 15) is 9.59 Å². The van der Waals surface area contributed by atoms with Crippen molar-refractivity contribution < 1.29 is 9.59 Å². The number of benzene rings is 4. The second kappa shape index (κ2) is 12.8. The lowest BCUT2D eigenvalue weighted by molar-refractivity contribution is -0.148. The van der Waals surface area contributed by atoms with Gasteiger partial charge in [-0.05, 0) is 58.9 Å². The smallest absolute Gasteiger partial charge is 0.240 e. The molecule has 4 atom stereocenters. The molecule has 1 saturated heterocycles. The van der Waals surface area contributed by atoms with Gasteiger partial charge in [0.1, 0.15) is 0 Å². The molecular formula is C35H42N4O2. The summed E-state index contributed by atoms with van der Waals surface area (Å²) >= 11 is 0.